The zero-order valence-corrected chi connectivity index (χ0v) is 7.33. The molecule has 0 saturated carbocycles. The maximum atomic E-state index is 11.0. The SMILES string of the molecule is C=C1CN(C(C)=O)N(C(C)=O)C1. The first-order valence-electron chi connectivity index (χ1n) is 3.75. The van der Waals surface area contributed by atoms with Crippen LogP contribution < -0.4 is 0 Å². The molecule has 0 aromatic carbocycles. The monoisotopic (exact) mass is 168 g/mol. The number of hydrazine groups is 1. The summed E-state index contributed by atoms with van der Waals surface area (Å²) in [6, 6.07) is 0. The van der Waals surface area contributed by atoms with Crippen LogP contribution in [0.1, 0.15) is 13.8 Å². The zero-order chi connectivity index (χ0) is 9.30. The molecule has 0 unspecified atom stereocenters. The lowest BCUT2D eigenvalue weighted by molar-refractivity contribution is -0.154. The van der Waals surface area contributed by atoms with Crippen molar-refractivity contribution in [3.63, 3.8) is 0 Å². The molecule has 1 rings (SSSR count). The summed E-state index contributed by atoms with van der Waals surface area (Å²) < 4.78 is 0. The summed E-state index contributed by atoms with van der Waals surface area (Å²) in [5, 5.41) is 2.81. The van der Waals surface area contributed by atoms with Gasteiger partial charge in [0.25, 0.3) is 0 Å². The first kappa shape index (κ1) is 8.77. The largest absolute Gasteiger partial charge is 0.273 e. The van der Waals surface area contributed by atoms with Gasteiger partial charge in [0.05, 0.1) is 13.1 Å². The molecule has 0 bridgehead atoms. The Bertz CT molecular complexity index is 223. The molecule has 1 aliphatic heterocycles. The molecule has 1 aliphatic rings. The van der Waals surface area contributed by atoms with Gasteiger partial charge in [-0.25, -0.2) is 10.0 Å². The summed E-state index contributed by atoms with van der Waals surface area (Å²) >= 11 is 0. The van der Waals surface area contributed by atoms with E-state index < -0.39 is 0 Å². The van der Waals surface area contributed by atoms with Crippen molar-refractivity contribution in [2.45, 2.75) is 13.8 Å². The summed E-state index contributed by atoms with van der Waals surface area (Å²) in [6.07, 6.45) is 0. The summed E-state index contributed by atoms with van der Waals surface area (Å²) in [4.78, 5) is 22.0. The van der Waals surface area contributed by atoms with Crippen molar-refractivity contribution in [3.05, 3.63) is 12.2 Å². The molecule has 0 aliphatic carbocycles. The lowest BCUT2D eigenvalue weighted by atomic mass is 10.3. The first-order chi connectivity index (χ1) is 5.52. The molecule has 1 fully saturated rings. The third-order valence-corrected chi connectivity index (χ3v) is 1.77. The van der Waals surface area contributed by atoms with E-state index in [-0.39, 0.29) is 11.8 Å². The summed E-state index contributed by atoms with van der Waals surface area (Å²) in [7, 11) is 0. The van der Waals surface area contributed by atoms with Gasteiger partial charge in [-0.2, -0.15) is 0 Å². The zero-order valence-electron chi connectivity index (χ0n) is 7.33. The minimum atomic E-state index is -0.121. The predicted molar refractivity (Wildman–Crippen MR) is 43.9 cm³/mol. The Morgan fingerprint density at radius 1 is 1.17 bits per heavy atom. The van der Waals surface area contributed by atoms with Gasteiger partial charge in [-0.05, 0) is 5.57 Å². The standard InChI is InChI=1S/C8H12N2O2/c1-6-4-9(7(2)11)10(5-6)8(3)12/h1,4-5H2,2-3H3. The van der Waals surface area contributed by atoms with Gasteiger partial charge >= 0.3 is 0 Å². The lowest BCUT2D eigenvalue weighted by Gasteiger charge is -2.24. The van der Waals surface area contributed by atoms with Crippen LogP contribution >= 0.6 is 0 Å². The molecule has 1 saturated heterocycles. The minimum Gasteiger partial charge on any atom is -0.273 e. The van der Waals surface area contributed by atoms with Crippen LogP contribution in [0.2, 0.25) is 0 Å². The van der Waals surface area contributed by atoms with E-state index in [9.17, 15) is 9.59 Å². The van der Waals surface area contributed by atoms with E-state index >= 15 is 0 Å². The predicted octanol–water partition coefficient (Wildman–Crippen LogP) is 0.168. The Labute approximate surface area is 71.4 Å². The lowest BCUT2D eigenvalue weighted by Crippen LogP contribution is -2.42. The quantitative estimate of drug-likeness (QED) is 0.484. The molecular weight excluding hydrogens is 156 g/mol. The molecule has 0 aromatic heterocycles. The number of hydrogen-bond donors (Lipinski definition) is 0. The van der Waals surface area contributed by atoms with Crippen molar-refractivity contribution in [3.8, 4) is 0 Å². The molecule has 0 N–H and O–H groups in total. The van der Waals surface area contributed by atoms with Crippen molar-refractivity contribution < 1.29 is 9.59 Å². The normalized spacial score (nSPS) is 17.0. The third-order valence-electron chi connectivity index (χ3n) is 1.77. The van der Waals surface area contributed by atoms with Crippen LogP contribution in [-0.4, -0.2) is 34.9 Å². The fraction of sp³-hybridized carbons (Fsp3) is 0.500. The Morgan fingerprint density at radius 3 is 1.75 bits per heavy atom. The van der Waals surface area contributed by atoms with Gasteiger partial charge in [-0.1, -0.05) is 6.58 Å². The van der Waals surface area contributed by atoms with Crippen LogP contribution in [0.25, 0.3) is 0 Å². The highest BCUT2D eigenvalue weighted by Gasteiger charge is 2.28. The summed E-state index contributed by atoms with van der Waals surface area (Å²) in [5.41, 5.74) is 0.889. The number of carbonyl (C=O) groups excluding carboxylic acids is 2. The topological polar surface area (TPSA) is 40.6 Å². The second-order valence-corrected chi connectivity index (χ2v) is 2.90. The second-order valence-electron chi connectivity index (χ2n) is 2.90. The molecule has 4 nitrogen and oxygen atoms in total. The summed E-state index contributed by atoms with van der Waals surface area (Å²) in [5.74, 6) is -0.243. The maximum Gasteiger partial charge on any atom is 0.238 e. The Kier molecular flexibility index (Phi) is 2.17. The third kappa shape index (κ3) is 1.47. The highest BCUT2D eigenvalue weighted by atomic mass is 16.2. The fourth-order valence-corrected chi connectivity index (χ4v) is 1.21. The van der Waals surface area contributed by atoms with E-state index in [0.717, 1.165) is 5.57 Å². The van der Waals surface area contributed by atoms with E-state index in [2.05, 4.69) is 6.58 Å². The summed E-state index contributed by atoms with van der Waals surface area (Å²) in [6.45, 7) is 7.54. The van der Waals surface area contributed by atoms with Gasteiger partial charge in [-0.15, -0.1) is 0 Å². The van der Waals surface area contributed by atoms with Gasteiger partial charge in [0, 0.05) is 13.8 Å². The van der Waals surface area contributed by atoms with Crippen molar-refractivity contribution in [2.75, 3.05) is 13.1 Å². The van der Waals surface area contributed by atoms with Crippen LogP contribution in [0.4, 0.5) is 0 Å². The maximum absolute atomic E-state index is 11.0. The van der Waals surface area contributed by atoms with E-state index in [1.54, 1.807) is 0 Å². The fourth-order valence-electron chi connectivity index (χ4n) is 1.21. The molecule has 2 amide bonds. The number of amides is 2. The molecule has 0 atom stereocenters. The number of nitrogens with zero attached hydrogens (tertiary/aromatic N) is 2. The van der Waals surface area contributed by atoms with Gasteiger partial charge in [-0.3, -0.25) is 9.59 Å². The first-order valence-corrected chi connectivity index (χ1v) is 3.75. The molecule has 4 heteroatoms. The molecular formula is C8H12N2O2. The molecule has 0 spiro atoms. The van der Waals surface area contributed by atoms with Crippen LogP contribution in [0.15, 0.2) is 12.2 Å². The molecule has 0 aromatic rings. The Balaban J connectivity index is 2.79. The van der Waals surface area contributed by atoms with E-state index in [0.29, 0.717) is 13.1 Å². The second kappa shape index (κ2) is 2.97. The number of rotatable bonds is 0. The van der Waals surface area contributed by atoms with Gasteiger partial charge in [0.1, 0.15) is 0 Å². The van der Waals surface area contributed by atoms with Crippen molar-refractivity contribution in [1.29, 1.82) is 0 Å². The Hall–Kier alpha value is -1.32. The van der Waals surface area contributed by atoms with Crippen molar-refractivity contribution >= 4 is 11.8 Å². The minimum absolute atomic E-state index is 0.121. The average Bonchev–Trinajstić information content (AvgIpc) is 2.31. The van der Waals surface area contributed by atoms with Gasteiger partial charge in [0.15, 0.2) is 0 Å². The number of carbonyl (C=O) groups is 2. The highest BCUT2D eigenvalue weighted by Crippen LogP contribution is 2.14. The van der Waals surface area contributed by atoms with E-state index in [4.69, 9.17) is 0 Å². The highest BCUT2D eigenvalue weighted by molar-refractivity contribution is 5.80. The smallest absolute Gasteiger partial charge is 0.238 e. The van der Waals surface area contributed by atoms with Gasteiger partial charge < -0.3 is 0 Å². The van der Waals surface area contributed by atoms with Crippen molar-refractivity contribution in [1.82, 2.24) is 10.0 Å². The van der Waals surface area contributed by atoms with Crippen LogP contribution in [0.3, 0.4) is 0 Å². The Morgan fingerprint density at radius 2 is 1.50 bits per heavy atom. The van der Waals surface area contributed by atoms with E-state index in [1.165, 1.54) is 23.9 Å². The van der Waals surface area contributed by atoms with Crippen LogP contribution in [-0.2, 0) is 9.59 Å². The van der Waals surface area contributed by atoms with E-state index in [1.807, 2.05) is 0 Å². The number of hydrogen-bond acceptors (Lipinski definition) is 2. The van der Waals surface area contributed by atoms with Crippen LogP contribution in [0.5, 0.6) is 0 Å². The molecule has 12 heavy (non-hydrogen) atoms. The molecule has 66 valence electrons. The van der Waals surface area contributed by atoms with Crippen LogP contribution in [0, 0.1) is 0 Å². The van der Waals surface area contributed by atoms with Gasteiger partial charge in [0.2, 0.25) is 11.8 Å². The average molecular weight is 168 g/mol. The van der Waals surface area contributed by atoms with Crippen molar-refractivity contribution in [2.24, 2.45) is 0 Å². The molecule has 1 heterocycles. The molecule has 0 radical (unpaired) electrons.